The molecule has 0 bridgehead atoms. The van der Waals surface area contributed by atoms with Gasteiger partial charge in [-0.05, 0) is 76.2 Å². The van der Waals surface area contributed by atoms with E-state index in [1.807, 2.05) is 59.2 Å². The number of benzene rings is 7. The van der Waals surface area contributed by atoms with Crippen LogP contribution in [0.2, 0.25) is 0 Å². The molecule has 216 valence electrons. The Kier molecular flexibility index (Phi) is 5.97. The van der Waals surface area contributed by atoms with Gasteiger partial charge in [-0.25, -0.2) is 0 Å². The van der Waals surface area contributed by atoms with Crippen LogP contribution in [0.4, 0.5) is 0 Å². The van der Waals surface area contributed by atoms with Crippen LogP contribution in [0.1, 0.15) is 0 Å². The lowest BCUT2D eigenvalue weighted by Crippen LogP contribution is -2.19. The van der Waals surface area contributed by atoms with E-state index in [1.165, 1.54) is 11.1 Å². The Morgan fingerprint density at radius 3 is 1.39 bits per heavy atom. The van der Waals surface area contributed by atoms with Gasteiger partial charge in [0.1, 0.15) is 0 Å². The SMILES string of the molecule is O=c1c2ccccc2c2cc3c(cc2n1-c1cccc(-c2ccccc2)c1)c1ccccc1n3-c1cccc(-c2ccccc2)c1. The number of pyridine rings is 1. The first-order chi connectivity index (χ1) is 22.7. The molecule has 0 aliphatic carbocycles. The summed E-state index contributed by atoms with van der Waals surface area (Å²) in [6, 6.07) is 58.9. The number of aromatic nitrogens is 2. The molecule has 0 saturated heterocycles. The molecule has 9 aromatic rings. The van der Waals surface area contributed by atoms with Gasteiger partial charge in [0.05, 0.1) is 16.6 Å². The summed E-state index contributed by atoms with van der Waals surface area (Å²) in [5.74, 6) is 0. The molecule has 2 aromatic heterocycles. The molecule has 0 aliphatic rings. The zero-order chi connectivity index (χ0) is 30.6. The van der Waals surface area contributed by atoms with Crippen LogP contribution in [0.5, 0.6) is 0 Å². The number of rotatable bonds is 4. The normalized spacial score (nSPS) is 11.6. The van der Waals surface area contributed by atoms with Crippen molar-refractivity contribution >= 4 is 43.5 Å². The van der Waals surface area contributed by atoms with Gasteiger partial charge in [-0.1, -0.05) is 121 Å². The highest BCUT2D eigenvalue weighted by Crippen LogP contribution is 2.38. The van der Waals surface area contributed by atoms with Crippen molar-refractivity contribution in [3.05, 3.63) is 180 Å². The molecule has 0 atom stereocenters. The van der Waals surface area contributed by atoms with Crippen LogP contribution in [0.3, 0.4) is 0 Å². The van der Waals surface area contributed by atoms with Crippen LogP contribution in [0.25, 0.3) is 77.1 Å². The van der Waals surface area contributed by atoms with E-state index in [9.17, 15) is 4.79 Å². The first-order valence-electron chi connectivity index (χ1n) is 15.6. The second kappa shape index (κ2) is 10.5. The molecule has 0 unspecified atom stereocenters. The predicted octanol–water partition coefficient (Wildman–Crippen LogP) is 10.6. The van der Waals surface area contributed by atoms with Crippen molar-refractivity contribution in [2.24, 2.45) is 0 Å². The van der Waals surface area contributed by atoms with Crippen molar-refractivity contribution in [3.63, 3.8) is 0 Å². The fourth-order valence-electron chi connectivity index (χ4n) is 6.98. The van der Waals surface area contributed by atoms with E-state index >= 15 is 0 Å². The van der Waals surface area contributed by atoms with Gasteiger partial charge < -0.3 is 4.57 Å². The van der Waals surface area contributed by atoms with Crippen molar-refractivity contribution in [1.29, 1.82) is 0 Å². The minimum absolute atomic E-state index is 0.0213. The molecular weight excluding hydrogens is 560 g/mol. The van der Waals surface area contributed by atoms with Gasteiger partial charge in [-0.3, -0.25) is 9.36 Å². The van der Waals surface area contributed by atoms with Crippen LogP contribution >= 0.6 is 0 Å². The minimum atomic E-state index is -0.0213. The maximum Gasteiger partial charge on any atom is 0.263 e. The van der Waals surface area contributed by atoms with Crippen LogP contribution in [0, 0.1) is 0 Å². The molecular formula is C43H28N2O. The zero-order valence-corrected chi connectivity index (χ0v) is 25.0. The minimum Gasteiger partial charge on any atom is -0.309 e. The largest absolute Gasteiger partial charge is 0.309 e. The summed E-state index contributed by atoms with van der Waals surface area (Å²) in [4.78, 5) is 14.3. The van der Waals surface area contributed by atoms with Gasteiger partial charge in [-0.15, -0.1) is 0 Å². The van der Waals surface area contributed by atoms with Crippen LogP contribution in [0.15, 0.2) is 175 Å². The highest BCUT2D eigenvalue weighted by molar-refractivity contribution is 6.17. The molecule has 9 rings (SSSR count). The smallest absolute Gasteiger partial charge is 0.263 e. The Labute approximate surface area is 265 Å². The molecule has 0 amide bonds. The first-order valence-corrected chi connectivity index (χ1v) is 15.6. The molecule has 0 aliphatic heterocycles. The van der Waals surface area contributed by atoms with Gasteiger partial charge in [0.2, 0.25) is 0 Å². The maximum atomic E-state index is 14.3. The standard InChI is InChI=1S/C43H28N2O/c46-43-37-23-8-7-21-35(37)38-27-41-39(28-42(38)45(43)34-20-12-18-32(26-34)30-15-5-2-6-16-30)36-22-9-10-24-40(36)44(41)33-19-11-17-31(25-33)29-13-3-1-4-14-29/h1-28H. The second-order valence-corrected chi connectivity index (χ2v) is 11.8. The fraction of sp³-hybridized carbons (Fsp3) is 0. The fourth-order valence-corrected chi connectivity index (χ4v) is 6.98. The lowest BCUT2D eigenvalue weighted by atomic mass is 10.0. The Balaban J connectivity index is 1.38. The maximum absolute atomic E-state index is 14.3. The lowest BCUT2D eigenvalue weighted by Gasteiger charge is -2.16. The predicted molar refractivity (Wildman–Crippen MR) is 192 cm³/mol. The Hall–Kier alpha value is -6.19. The van der Waals surface area contributed by atoms with Crippen LogP contribution < -0.4 is 5.56 Å². The molecule has 2 heterocycles. The van der Waals surface area contributed by atoms with E-state index in [4.69, 9.17) is 0 Å². The second-order valence-electron chi connectivity index (χ2n) is 11.8. The van der Waals surface area contributed by atoms with E-state index in [1.54, 1.807) is 0 Å². The topological polar surface area (TPSA) is 26.9 Å². The molecule has 0 radical (unpaired) electrons. The summed E-state index contributed by atoms with van der Waals surface area (Å²) in [6.07, 6.45) is 0. The quantitative estimate of drug-likeness (QED) is 0.188. The first kappa shape index (κ1) is 26.2. The Morgan fingerprint density at radius 2 is 0.761 bits per heavy atom. The van der Waals surface area contributed by atoms with Gasteiger partial charge in [0.25, 0.3) is 5.56 Å². The number of nitrogens with zero attached hydrogens (tertiary/aromatic N) is 2. The van der Waals surface area contributed by atoms with E-state index in [0.29, 0.717) is 5.39 Å². The van der Waals surface area contributed by atoms with E-state index < -0.39 is 0 Å². The van der Waals surface area contributed by atoms with E-state index in [0.717, 1.165) is 60.6 Å². The third kappa shape index (κ3) is 4.10. The van der Waals surface area contributed by atoms with Crippen LogP contribution in [-0.2, 0) is 0 Å². The van der Waals surface area contributed by atoms with E-state index in [2.05, 4.69) is 120 Å². The van der Waals surface area contributed by atoms with Gasteiger partial charge >= 0.3 is 0 Å². The Bertz CT molecular complexity index is 2650. The molecule has 0 N–H and O–H groups in total. The number of hydrogen-bond donors (Lipinski definition) is 0. The van der Waals surface area contributed by atoms with E-state index in [-0.39, 0.29) is 5.56 Å². The molecule has 0 spiro atoms. The number of fused-ring (bicyclic) bond motifs is 6. The highest BCUT2D eigenvalue weighted by atomic mass is 16.1. The highest BCUT2D eigenvalue weighted by Gasteiger charge is 2.18. The summed E-state index contributed by atoms with van der Waals surface area (Å²) in [7, 11) is 0. The summed E-state index contributed by atoms with van der Waals surface area (Å²) < 4.78 is 4.25. The average Bonchev–Trinajstić information content (AvgIpc) is 3.45. The summed E-state index contributed by atoms with van der Waals surface area (Å²) in [5.41, 5.74) is 9.59. The summed E-state index contributed by atoms with van der Waals surface area (Å²) in [5, 5.41) is 4.95. The number of para-hydroxylation sites is 1. The zero-order valence-electron chi connectivity index (χ0n) is 25.0. The van der Waals surface area contributed by atoms with Crippen molar-refractivity contribution in [3.8, 4) is 33.6 Å². The van der Waals surface area contributed by atoms with Crippen molar-refractivity contribution in [2.45, 2.75) is 0 Å². The average molecular weight is 589 g/mol. The molecule has 46 heavy (non-hydrogen) atoms. The molecule has 3 heteroatoms. The van der Waals surface area contributed by atoms with Gasteiger partial charge in [0.15, 0.2) is 0 Å². The third-order valence-electron chi connectivity index (χ3n) is 9.10. The van der Waals surface area contributed by atoms with Crippen molar-refractivity contribution in [2.75, 3.05) is 0 Å². The van der Waals surface area contributed by atoms with Gasteiger partial charge in [0, 0.05) is 32.9 Å². The van der Waals surface area contributed by atoms with Gasteiger partial charge in [-0.2, -0.15) is 0 Å². The monoisotopic (exact) mass is 588 g/mol. The third-order valence-corrected chi connectivity index (χ3v) is 9.10. The number of hydrogen-bond acceptors (Lipinski definition) is 1. The van der Waals surface area contributed by atoms with Crippen LogP contribution in [-0.4, -0.2) is 9.13 Å². The summed E-state index contributed by atoms with van der Waals surface area (Å²) in [6.45, 7) is 0. The molecule has 0 fully saturated rings. The molecule has 3 nitrogen and oxygen atoms in total. The lowest BCUT2D eigenvalue weighted by molar-refractivity contribution is 1.06. The summed E-state index contributed by atoms with van der Waals surface area (Å²) >= 11 is 0. The Morgan fingerprint density at radius 1 is 0.304 bits per heavy atom. The molecule has 7 aromatic carbocycles. The van der Waals surface area contributed by atoms with Crippen molar-refractivity contribution < 1.29 is 0 Å². The molecule has 0 saturated carbocycles. The van der Waals surface area contributed by atoms with Crippen molar-refractivity contribution in [1.82, 2.24) is 9.13 Å².